The number of pyridine rings is 1. The Morgan fingerprint density at radius 1 is 1.40 bits per heavy atom. The summed E-state index contributed by atoms with van der Waals surface area (Å²) < 4.78 is 5.69. The van der Waals surface area contributed by atoms with E-state index in [1.54, 1.807) is 12.4 Å². The van der Waals surface area contributed by atoms with Crippen LogP contribution in [0.3, 0.4) is 0 Å². The van der Waals surface area contributed by atoms with Crippen molar-refractivity contribution in [3.8, 4) is 0 Å². The molecule has 82 valence electrons. The molecular formula is C12H18N2O. The first-order valence-electron chi connectivity index (χ1n) is 5.62. The van der Waals surface area contributed by atoms with E-state index in [0.717, 1.165) is 13.2 Å². The second-order valence-electron chi connectivity index (χ2n) is 4.08. The summed E-state index contributed by atoms with van der Waals surface area (Å²) in [7, 11) is 0. The van der Waals surface area contributed by atoms with Crippen molar-refractivity contribution < 1.29 is 4.74 Å². The van der Waals surface area contributed by atoms with Crippen molar-refractivity contribution in [1.29, 1.82) is 0 Å². The Morgan fingerprint density at radius 3 is 3.00 bits per heavy atom. The number of hydrogen-bond acceptors (Lipinski definition) is 3. The SMILES string of the molecule is c1cc(COCC2CCCNC2)ccn1. The van der Waals surface area contributed by atoms with Crippen LogP contribution < -0.4 is 5.32 Å². The van der Waals surface area contributed by atoms with Gasteiger partial charge in [-0.25, -0.2) is 0 Å². The summed E-state index contributed by atoms with van der Waals surface area (Å²) in [6, 6.07) is 4.00. The third-order valence-electron chi connectivity index (χ3n) is 2.77. The van der Waals surface area contributed by atoms with Gasteiger partial charge in [-0.05, 0) is 43.0 Å². The van der Waals surface area contributed by atoms with Crippen molar-refractivity contribution in [2.75, 3.05) is 19.7 Å². The van der Waals surface area contributed by atoms with E-state index >= 15 is 0 Å². The minimum Gasteiger partial charge on any atom is -0.376 e. The van der Waals surface area contributed by atoms with Crippen molar-refractivity contribution in [1.82, 2.24) is 10.3 Å². The fraction of sp³-hybridized carbons (Fsp3) is 0.583. The molecule has 1 N–H and O–H groups in total. The molecule has 1 aliphatic heterocycles. The molecule has 0 spiro atoms. The third kappa shape index (κ3) is 3.61. The number of nitrogens with one attached hydrogen (secondary N) is 1. The summed E-state index contributed by atoms with van der Waals surface area (Å²) in [5.74, 6) is 0.695. The molecule has 2 rings (SSSR count). The second kappa shape index (κ2) is 5.83. The molecule has 1 aromatic rings. The standard InChI is InChI=1S/C12H18N2O/c1-2-12(8-14-5-1)10-15-9-11-3-6-13-7-4-11/h3-4,6-7,12,14H,1-2,5,8-10H2. The quantitative estimate of drug-likeness (QED) is 0.812. The molecule has 1 saturated heterocycles. The van der Waals surface area contributed by atoms with Gasteiger partial charge in [0.1, 0.15) is 0 Å². The average molecular weight is 206 g/mol. The van der Waals surface area contributed by atoms with Crippen LogP contribution in [0.2, 0.25) is 0 Å². The largest absolute Gasteiger partial charge is 0.376 e. The molecule has 0 radical (unpaired) electrons. The molecule has 0 bridgehead atoms. The summed E-state index contributed by atoms with van der Waals surface area (Å²) in [5, 5.41) is 3.39. The summed E-state index contributed by atoms with van der Waals surface area (Å²) >= 11 is 0. The van der Waals surface area contributed by atoms with Crippen LogP contribution in [-0.2, 0) is 11.3 Å². The van der Waals surface area contributed by atoms with E-state index in [1.807, 2.05) is 12.1 Å². The van der Waals surface area contributed by atoms with Crippen molar-refractivity contribution in [2.24, 2.45) is 5.92 Å². The Hall–Kier alpha value is -0.930. The lowest BCUT2D eigenvalue weighted by molar-refractivity contribution is 0.0782. The molecule has 1 atom stereocenters. The number of ether oxygens (including phenoxy) is 1. The van der Waals surface area contributed by atoms with Crippen LogP contribution in [0.4, 0.5) is 0 Å². The van der Waals surface area contributed by atoms with Crippen molar-refractivity contribution in [3.63, 3.8) is 0 Å². The van der Waals surface area contributed by atoms with Crippen molar-refractivity contribution >= 4 is 0 Å². The van der Waals surface area contributed by atoms with Crippen LogP contribution in [0, 0.1) is 5.92 Å². The molecule has 0 amide bonds. The maximum atomic E-state index is 5.69. The maximum Gasteiger partial charge on any atom is 0.0718 e. The van der Waals surface area contributed by atoms with E-state index in [9.17, 15) is 0 Å². The predicted octanol–water partition coefficient (Wildman–Crippen LogP) is 1.60. The van der Waals surface area contributed by atoms with E-state index in [0.29, 0.717) is 12.5 Å². The highest BCUT2D eigenvalue weighted by atomic mass is 16.5. The molecule has 0 aliphatic carbocycles. The van der Waals surface area contributed by atoms with Gasteiger partial charge in [0.15, 0.2) is 0 Å². The number of hydrogen-bond donors (Lipinski definition) is 1. The predicted molar refractivity (Wildman–Crippen MR) is 59.5 cm³/mol. The van der Waals surface area contributed by atoms with Gasteiger partial charge < -0.3 is 10.1 Å². The molecule has 1 aromatic heterocycles. The number of nitrogens with zero attached hydrogens (tertiary/aromatic N) is 1. The van der Waals surface area contributed by atoms with Crippen LogP contribution in [0.25, 0.3) is 0 Å². The molecule has 0 saturated carbocycles. The minimum atomic E-state index is 0.695. The average Bonchev–Trinajstić information content (AvgIpc) is 2.32. The van der Waals surface area contributed by atoms with Crippen molar-refractivity contribution in [2.45, 2.75) is 19.4 Å². The van der Waals surface area contributed by atoms with Gasteiger partial charge in [-0.1, -0.05) is 0 Å². The Balaban J connectivity index is 1.66. The molecule has 1 unspecified atom stereocenters. The first-order valence-corrected chi connectivity index (χ1v) is 5.62. The lowest BCUT2D eigenvalue weighted by atomic mass is 10.0. The van der Waals surface area contributed by atoms with Gasteiger partial charge in [0.05, 0.1) is 13.2 Å². The summed E-state index contributed by atoms with van der Waals surface area (Å²) in [6.07, 6.45) is 6.19. The van der Waals surface area contributed by atoms with Crippen LogP contribution in [0.5, 0.6) is 0 Å². The first kappa shape index (κ1) is 10.6. The van der Waals surface area contributed by atoms with Crippen LogP contribution >= 0.6 is 0 Å². The fourth-order valence-electron chi connectivity index (χ4n) is 1.89. The fourth-order valence-corrected chi connectivity index (χ4v) is 1.89. The Morgan fingerprint density at radius 2 is 2.27 bits per heavy atom. The molecule has 15 heavy (non-hydrogen) atoms. The van der Waals surface area contributed by atoms with E-state index in [-0.39, 0.29) is 0 Å². The van der Waals surface area contributed by atoms with Gasteiger partial charge >= 0.3 is 0 Å². The lowest BCUT2D eigenvalue weighted by Gasteiger charge is -2.22. The number of aromatic nitrogens is 1. The highest BCUT2D eigenvalue weighted by Crippen LogP contribution is 2.11. The van der Waals surface area contributed by atoms with E-state index in [4.69, 9.17) is 4.74 Å². The van der Waals surface area contributed by atoms with E-state index in [2.05, 4.69) is 10.3 Å². The van der Waals surface area contributed by atoms with Crippen molar-refractivity contribution in [3.05, 3.63) is 30.1 Å². The van der Waals surface area contributed by atoms with Gasteiger partial charge in [0.2, 0.25) is 0 Å². The number of piperidine rings is 1. The Labute approximate surface area is 90.9 Å². The molecule has 1 fully saturated rings. The van der Waals surface area contributed by atoms with Crippen LogP contribution in [-0.4, -0.2) is 24.7 Å². The minimum absolute atomic E-state index is 0.695. The topological polar surface area (TPSA) is 34.1 Å². The van der Waals surface area contributed by atoms with Gasteiger partial charge in [-0.15, -0.1) is 0 Å². The smallest absolute Gasteiger partial charge is 0.0718 e. The molecular weight excluding hydrogens is 188 g/mol. The zero-order valence-corrected chi connectivity index (χ0v) is 8.98. The van der Waals surface area contributed by atoms with Crippen LogP contribution in [0.1, 0.15) is 18.4 Å². The summed E-state index contributed by atoms with van der Waals surface area (Å²) in [6.45, 7) is 3.85. The zero-order valence-electron chi connectivity index (χ0n) is 8.98. The van der Waals surface area contributed by atoms with E-state index in [1.165, 1.54) is 24.9 Å². The second-order valence-corrected chi connectivity index (χ2v) is 4.08. The Kier molecular flexibility index (Phi) is 4.11. The lowest BCUT2D eigenvalue weighted by Crippen LogP contribution is -2.32. The number of rotatable bonds is 4. The van der Waals surface area contributed by atoms with Crippen LogP contribution in [0.15, 0.2) is 24.5 Å². The molecule has 3 heteroatoms. The highest BCUT2D eigenvalue weighted by molar-refractivity contribution is 5.07. The van der Waals surface area contributed by atoms with Gasteiger partial charge in [0, 0.05) is 18.9 Å². The third-order valence-corrected chi connectivity index (χ3v) is 2.77. The van der Waals surface area contributed by atoms with Gasteiger partial charge in [-0.2, -0.15) is 0 Å². The van der Waals surface area contributed by atoms with Gasteiger partial charge in [-0.3, -0.25) is 4.98 Å². The molecule has 0 aromatic carbocycles. The van der Waals surface area contributed by atoms with Gasteiger partial charge in [0.25, 0.3) is 0 Å². The normalized spacial score (nSPS) is 21.5. The molecule has 3 nitrogen and oxygen atoms in total. The zero-order chi connectivity index (χ0) is 10.3. The Bertz CT molecular complexity index is 270. The summed E-state index contributed by atoms with van der Waals surface area (Å²) in [5.41, 5.74) is 1.20. The molecule has 2 heterocycles. The first-order chi connectivity index (χ1) is 7.45. The van der Waals surface area contributed by atoms with E-state index < -0.39 is 0 Å². The monoisotopic (exact) mass is 206 g/mol. The highest BCUT2D eigenvalue weighted by Gasteiger charge is 2.12. The molecule has 1 aliphatic rings. The maximum absolute atomic E-state index is 5.69. The summed E-state index contributed by atoms with van der Waals surface area (Å²) in [4.78, 5) is 3.98.